The van der Waals surface area contributed by atoms with Crippen molar-refractivity contribution in [3.8, 4) is 0 Å². The highest BCUT2D eigenvalue weighted by Crippen LogP contribution is 2.70. The van der Waals surface area contributed by atoms with Crippen LogP contribution in [-0.2, 0) is 19.0 Å². The van der Waals surface area contributed by atoms with Crippen molar-refractivity contribution in [1.29, 1.82) is 0 Å². The van der Waals surface area contributed by atoms with Crippen molar-refractivity contribution in [2.45, 2.75) is 116 Å². The molecule has 0 amide bonds. The van der Waals surface area contributed by atoms with E-state index in [2.05, 4.69) is 33.8 Å². The minimum atomic E-state index is -0.496. The molecule has 3 saturated carbocycles. The van der Waals surface area contributed by atoms with Gasteiger partial charge in [-0.1, -0.05) is 39.3 Å². The van der Waals surface area contributed by atoms with Crippen LogP contribution in [0, 0.1) is 46.3 Å². The molecule has 2 saturated heterocycles. The number of carbonyl (C=O) groups excluding carboxylic acids is 1. The minimum absolute atomic E-state index is 0.0120. The van der Waals surface area contributed by atoms with Gasteiger partial charge in [0.05, 0.1) is 12.7 Å². The Bertz CT molecular complexity index is 946. The van der Waals surface area contributed by atoms with Crippen molar-refractivity contribution in [3.63, 3.8) is 0 Å². The van der Waals surface area contributed by atoms with E-state index in [1.165, 1.54) is 32.1 Å². The summed E-state index contributed by atoms with van der Waals surface area (Å²) in [6.07, 6.45) is 15.9. The van der Waals surface area contributed by atoms with Crippen LogP contribution in [0.5, 0.6) is 0 Å². The molecular formula is C32H51NO4S. The van der Waals surface area contributed by atoms with Gasteiger partial charge in [0.1, 0.15) is 12.1 Å². The molecule has 0 aromatic rings. The summed E-state index contributed by atoms with van der Waals surface area (Å²) in [6, 6.07) is -0.496. The molecule has 38 heavy (non-hydrogen) atoms. The fourth-order valence-corrected chi connectivity index (χ4v) is 10.8. The van der Waals surface area contributed by atoms with Crippen molar-refractivity contribution in [2.75, 3.05) is 18.6 Å². The van der Waals surface area contributed by atoms with Crippen LogP contribution < -0.4 is 5.73 Å². The second-order valence-corrected chi connectivity index (χ2v) is 15.5. The zero-order valence-corrected chi connectivity index (χ0v) is 25.2. The van der Waals surface area contributed by atoms with E-state index in [0.717, 1.165) is 55.8 Å². The Morgan fingerprint density at radius 1 is 1.18 bits per heavy atom. The lowest BCUT2D eigenvalue weighted by atomic mass is 9.47. The lowest BCUT2D eigenvalue weighted by Crippen LogP contribution is -2.52. The molecule has 6 aliphatic rings. The number of allylic oxidation sites excluding steroid dienone is 1. The molecule has 0 aromatic heterocycles. The van der Waals surface area contributed by atoms with Crippen LogP contribution in [0.2, 0.25) is 0 Å². The Balaban J connectivity index is 1.15. The molecule has 6 rings (SSSR count). The summed E-state index contributed by atoms with van der Waals surface area (Å²) in [4.78, 5) is 12.6. The van der Waals surface area contributed by atoms with Crippen molar-refractivity contribution in [1.82, 2.24) is 0 Å². The number of carbonyl (C=O) groups is 1. The van der Waals surface area contributed by atoms with Gasteiger partial charge in [0.2, 0.25) is 0 Å². The van der Waals surface area contributed by atoms with Crippen molar-refractivity contribution in [2.24, 2.45) is 52.1 Å². The average Bonchev–Trinajstić information content (AvgIpc) is 3.34. The first-order chi connectivity index (χ1) is 18.1. The second-order valence-electron chi connectivity index (χ2n) is 14.5. The van der Waals surface area contributed by atoms with Gasteiger partial charge in [0.25, 0.3) is 0 Å². The van der Waals surface area contributed by atoms with E-state index in [0.29, 0.717) is 35.7 Å². The van der Waals surface area contributed by atoms with Gasteiger partial charge < -0.3 is 19.9 Å². The molecule has 214 valence electrons. The van der Waals surface area contributed by atoms with Crippen molar-refractivity contribution in [3.05, 3.63) is 11.6 Å². The number of thioether (sulfide) groups is 1. The van der Waals surface area contributed by atoms with Crippen LogP contribution in [0.25, 0.3) is 0 Å². The van der Waals surface area contributed by atoms with E-state index in [4.69, 9.17) is 19.9 Å². The molecule has 2 N–H and O–H groups in total. The first-order valence-electron chi connectivity index (χ1n) is 15.6. The summed E-state index contributed by atoms with van der Waals surface area (Å²) < 4.78 is 19.4. The highest BCUT2D eigenvalue weighted by Gasteiger charge is 2.68. The average molecular weight is 546 g/mol. The van der Waals surface area contributed by atoms with E-state index < -0.39 is 6.04 Å². The van der Waals surface area contributed by atoms with Gasteiger partial charge in [-0.15, -0.1) is 0 Å². The van der Waals surface area contributed by atoms with Crippen LogP contribution in [0.4, 0.5) is 0 Å². The van der Waals surface area contributed by atoms with Crippen molar-refractivity contribution >= 4 is 17.7 Å². The Hall–Kier alpha value is -0.560. The first-order valence-corrected chi connectivity index (χ1v) is 17.0. The molecule has 2 aliphatic heterocycles. The lowest BCUT2D eigenvalue weighted by Gasteiger charge is -2.58. The van der Waals surface area contributed by atoms with Gasteiger partial charge in [0.15, 0.2) is 5.79 Å². The zero-order chi connectivity index (χ0) is 26.9. The van der Waals surface area contributed by atoms with Crippen LogP contribution in [0.3, 0.4) is 0 Å². The number of hydrogen-bond donors (Lipinski definition) is 1. The third kappa shape index (κ3) is 4.25. The summed E-state index contributed by atoms with van der Waals surface area (Å²) in [6.45, 7) is 10.7. The van der Waals surface area contributed by atoms with Crippen LogP contribution in [0.15, 0.2) is 11.6 Å². The molecular weight excluding hydrogens is 494 g/mol. The van der Waals surface area contributed by atoms with Gasteiger partial charge in [-0.05, 0) is 104 Å². The Morgan fingerprint density at radius 2 is 2.00 bits per heavy atom. The van der Waals surface area contributed by atoms with Gasteiger partial charge >= 0.3 is 5.97 Å². The van der Waals surface area contributed by atoms with Gasteiger partial charge in [-0.3, -0.25) is 4.79 Å². The third-order valence-electron chi connectivity index (χ3n) is 12.5. The van der Waals surface area contributed by atoms with E-state index in [1.54, 1.807) is 17.3 Å². The maximum atomic E-state index is 12.6. The summed E-state index contributed by atoms with van der Waals surface area (Å²) in [5, 5.41) is 0. The molecule has 12 atom stereocenters. The summed E-state index contributed by atoms with van der Waals surface area (Å²) in [7, 11) is 0. The molecule has 5 fully saturated rings. The summed E-state index contributed by atoms with van der Waals surface area (Å²) >= 11 is 1.72. The van der Waals surface area contributed by atoms with Crippen LogP contribution in [-0.4, -0.2) is 48.6 Å². The van der Waals surface area contributed by atoms with Crippen LogP contribution in [0.1, 0.15) is 91.9 Å². The molecule has 4 aliphatic carbocycles. The number of ether oxygens (including phenoxy) is 3. The molecule has 0 radical (unpaired) electrons. The number of esters is 1. The van der Waals surface area contributed by atoms with Gasteiger partial charge in [-0.2, -0.15) is 11.8 Å². The fourth-order valence-electron chi connectivity index (χ4n) is 10.4. The predicted molar refractivity (Wildman–Crippen MR) is 153 cm³/mol. The fraction of sp³-hybridized carbons (Fsp3) is 0.906. The standard InChI is InChI=1S/C32H51NO4S/c1-19-8-14-32(35-18-19)20(2)28-27(37-32)17-25-23-7-6-21-16-22(36-29(34)26(33)11-15-38-5)9-12-30(21,3)24(23)10-13-31(25,28)4/h6,19-20,22-28H,7-18,33H2,1-5H3/t19-,20-,22-,23?,24?,25?,26+,27-,28-,30-,31-,32-/m0/s1. The normalized spacial score (nSPS) is 50.4. The monoisotopic (exact) mass is 545 g/mol. The highest BCUT2D eigenvalue weighted by atomic mass is 32.2. The second kappa shape index (κ2) is 10.1. The maximum Gasteiger partial charge on any atom is 0.323 e. The largest absolute Gasteiger partial charge is 0.461 e. The quantitative estimate of drug-likeness (QED) is 0.321. The van der Waals surface area contributed by atoms with Gasteiger partial charge in [-0.25, -0.2) is 0 Å². The number of rotatable bonds is 5. The molecule has 0 aromatic carbocycles. The molecule has 1 spiro atoms. The van der Waals surface area contributed by atoms with Crippen LogP contribution >= 0.6 is 11.8 Å². The Kier molecular flexibility index (Phi) is 7.31. The topological polar surface area (TPSA) is 70.8 Å². The Morgan fingerprint density at radius 3 is 2.74 bits per heavy atom. The predicted octanol–water partition coefficient (Wildman–Crippen LogP) is 6.35. The molecule has 5 nitrogen and oxygen atoms in total. The first kappa shape index (κ1) is 27.6. The Labute approximate surface area is 234 Å². The lowest BCUT2D eigenvalue weighted by molar-refractivity contribution is -0.272. The third-order valence-corrected chi connectivity index (χ3v) is 13.2. The summed E-state index contributed by atoms with van der Waals surface area (Å²) in [5.41, 5.74) is 8.25. The highest BCUT2D eigenvalue weighted by molar-refractivity contribution is 7.98. The van der Waals surface area contributed by atoms with E-state index in [-0.39, 0.29) is 23.3 Å². The smallest absolute Gasteiger partial charge is 0.323 e. The summed E-state index contributed by atoms with van der Waals surface area (Å²) in [5.74, 6) is 4.30. The number of fused-ring (bicyclic) bond motifs is 7. The molecule has 3 unspecified atom stereocenters. The zero-order valence-electron chi connectivity index (χ0n) is 24.4. The minimum Gasteiger partial charge on any atom is -0.461 e. The molecule has 6 heteroatoms. The number of hydrogen-bond acceptors (Lipinski definition) is 6. The van der Waals surface area contributed by atoms with E-state index in [9.17, 15) is 4.79 Å². The van der Waals surface area contributed by atoms with E-state index in [1.807, 2.05) is 6.26 Å². The molecule has 2 heterocycles. The molecule has 0 bridgehead atoms. The van der Waals surface area contributed by atoms with Gasteiger partial charge in [0, 0.05) is 18.8 Å². The van der Waals surface area contributed by atoms with Crippen molar-refractivity contribution < 1.29 is 19.0 Å². The maximum absolute atomic E-state index is 12.6. The number of nitrogens with two attached hydrogens (primary N) is 1. The SMILES string of the molecule is CSCC[C@@H](N)C(=O)O[C@H]1CC[C@@]2(C)C(=CCC3C2CC[C@@]2(C)C3C[C@@H]3O[C@@]4(CC[C@H](C)CO4)[C@@H](C)[C@@H]32)C1. The van der Waals surface area contributed by atoms with E-state index >= 15 is 0 Å².